The zero-order chi connectivity index (χ0) is 16.3. The van der Waals surface area contributed by atoms with Crippen LogP contribution in [0.25, 0.3) is 0 Å². The molecule has 0 unspecified atom stereocenters. The molecule has 0 bridgehead atoms. The van der Waals surface area contributed by atoms with Crippen LogP contribution in [-0.2, 0) is 15.8 Å². The largest absolute Gasteiger partial charge is 0.416 e. The highest BCUT2D eigenvalue weighted by atomic mass is 19.4. The number of nitrogens with one attached hydrogen (secondary N) is 2. The van der Waals surface area contributed by atoms with E-state index in [-0.39, 0.29) is 18.1 Å². The number of carbonyl (C=O) groups excluding carboxylic acids is 2. The Morgan fingerprint density at radius 2 is 1.57 bits per heavy atom. The smallest absolute Gasteiger partial charge is 0.347 e. The third-order valence-corrected chi connectivity index (χ3v) is 2.59. The van der Waals surface area contributed by atoms with Crippen LogP contribution in [0.1, 0.15) is 26.3 Å². The first-order valence-electron chi connectivity index (χ1n) is 6.25. The van der Waals surface area contributed by atoms with E-state index in [1.54, 1.807) is 20.8 Å². The zero-order valence-electron chi connectivity index (χ0n) is 12.0. The van der Waals surface area contributed by atoms with Crippen molar-refractivity contribution in [1.82, 2.24) is 5.32 Å². The third-order valence-electron chi connectivity index (χ3n) is 2.59. The van der Waals surface area contributed by atoms with Crippen molar-refractivity contribution >= 4 is 17.5 Å². The van der Waals surface area contributed by atoms with Gasteiger partial charge in [0.05, 0.1) is 12.1 Å². The summed E-state index contributed by atoms with van der Waals surface area (Å²) in [6.45, 7) is 4.87. The molecule has 7 heteroatoms. The second-order valence-corrected chi connectivity index (χ2v) is 5.56. The Morgan fingerprint density at radius 1 is 1.05 bits per heavy atom. The second-order valence-electron chi connectivity index (χ2n) is 5.56. The highest BCUT2D eigenvalue weighted by molar-refractivity contribution is 5.95. The molecular formula is C14H17F3N2O2. The molecule has 0 aliphatic carbocycles. The molecule has 0 fully saturated rings. The van der Waals surface area contributed by atoms with Crippen molar-refractivity contribution in [2.45, 2.75) is 26.9 Å². The van der Waals surface area contributed by atoms with Gasteiger partial charge in [0.2, 0.25) is 11.8 Å². The molecule has 1 aromatic carbocycles. The monoisotopic (exact) mass is 302 g/mol. The Kier molecular flexibility index (Phi) is 4.98. The van der Waals surface area contributed by atoms with Crippen molar-refractivity contribution < 1.29 is 22.8 Å². The van der Waals surface area contributed by atoms with Crippen molar-refractivity contribution in [2.24, 2.45) is 5.41 Å². The number of alkyl halides is 3. The molecule has 0 atom stereocenters. The van der Waals surface area contributed by atoms with E-state index in [0.717, 1.165) is 24.3 Å². The number of carbonyl (C=O) groups is 2. The van der Waals surface area contributed by atoms with Gasteiger partial charge in [-0.25, -0.2) is 0 Å². The normalized spacial score (nSPS) is 11.9. The van der Waals surface area contributed by atoms with Crippen LogP contribution >= 0.6 is 0 Å². The molecule has 1 rings (SSSR count). The summed E-state index contributed by atoms with van der Waals surface area (Å²) in [7, 11) is 0. The summed E-state index contributed by atoms with van der Waals surface area (Å²) >= 11 is 0. The summed E-state index contributed by atoms with van der Waals surface area (Å²) in [5, 5.41) is 4.85. The maximum Gasteiger partial charge on any atom is 0.416 e. The molecule has 0 saturated carbocycles. The first-order valence-corrected chi connectivity index (χ1v) is 6.25. The molecule has 0 aliphatic rings. The molecule has 21 heavy (non-hydrogen) atoms. The average molecular weight is 302 g/mol. The lowest BCUT2D eigenvalue weighted by molar-refractivity contribution is -0.137. The highest BCUT2D eigenvalue weighted by Crippen LogP contribution is 2.29. The van der Waals surface area contributed by atoms with Gasteiger partial charge in [0.25, 0.3) is 0 Å². The van der Waals surface area contributed by atoms with Gasteiger partial charge in [0, 0.05) is 11.1 Å². The van der Waals surface area contributed by atoms with E-state index in [4.69, 9.17) is 0 Å². The Bertz CT molecular complexity index is 517. The Hall–Kier alpha value is -2.05. The maximum atomic E-state index is 12.4. The van der Waals surface area contributed by atoms with E-state index in [0.29, 0.717) is 0 Å². The Morgan fingerprint density at radius 3 is 2.00 bits per heavy atom. The maximum absolute atomic E-state index is 12.4. The molecule has 1 aromatic rings. The van der Waals surface area contributed by atoms with Gasteiger partial charge in [-0.05, 0) is 24.3 Å². The van der Waals surface area contributed by atoms with E-state index < -0.39 is 23.1 Å². The summed E-state index contributed by atoms with van der Waals surface area (Å²) in [6, 6.07) is 4.07. The molecule has 0 aromatic heterocycles. The predicted octanol–water partition coefficient (Wildman–Crippen LogP) is 2.81. The number of hydrogen-bond acceptors (Lipinski definition) is 2. The minimum atomic E-state index is -4.41. The fourth-order valence-electron chi connectivity index (χ4n) is 1.37. The summed E-state index contributed by atoms with van der Waals surface area (Å²) in [4.78, 5) is 23.1. The van der Waals surface area contributed by atoms with Crippen LogP contribution in [0, 0.1) is 5.41 Å². The predicted molar refractivity (Wildman–Crippen MR) is 72.5 cm³/mol. The molecular weight excluding hydrogens is 285 g/mol. The van der Waals surface area contributed by atoms with Gasteiger partial charge >= 0.3 is 6.18 Å². The quantitative estimate of drug-likeness (QED) is 0.902. The first kappa shape index (κ1) is 17.0. The van der Waals surface area contributed by atoms with E-state index in [1.165, 1.54) is 0 Å². The third kappa shape index (κ3) is 5.45. The van der Waals surface area contributed by atoms with E-state index in [9.17, 15) is 22.8 Å². The molecule has 116 valence electrons. The van der Waals surface area contributed by atoms with Gasteiger partial charge in [-0.2, -0.15) is 13.2 Å². The molecule has 2 amide bonds. The fourth-order valence-corrected chi connectivity index (χ4v) is 1.37. The summed E-state index contributed by atoms with van der Waals surface area (Å²) in [6.07, 6.45) is -4.41. The number of hydrogen-bond donors (Lipinski definition) is 2. The van der Waals surface area contributed by atoms with E-state index >= 15 is 0 Å². The molecule has 2 N–H and O–H groups in total. The molecule has 0 heterocycles. The van der Waals surface area contributed by atoms with Gasteiger partial charge in [-0.15, -0.1) is 0 Å². The summed E-state index contributed by atoms with van der Waals surface area (Å²) in [5.74, 6) is -0.794. The van der Waals surface area contributed by atoms with Crippen LogP contribution in [-0.4, -0.2) is 18.4 Å². The van der Waals surface area contributed by atoms with E-state index in [2.05, 4.69) is 10.6 Å². The molecule has 0 saturated heterocycles. The molecule has 0 spiro atoms. The van der Waals surface area contributed by atoms with Gasteiger partial charge in [-0.1, -0.05) is 20.8 Å². The van der Waals surface area contributed by atoms with Gasteiger partial charge in [0.15, 0.2) is 0 Å². The zero-order valence-corrected chi connectivity index (χ0v) is 12.0. The lowest BCUT2D eigenvalue weighted by Gasteiger charge is -2.17. The summed E-state index contributed by atoms with van der Waals surface area (Å²) in [5.41, 5.74) is -1.17. The molecule has 0 aliphatic heterocycles. The molecule has 0 radical (unpaired) electrons. The van der Waals surface area contributed by atoms with Crippen molar-refractivity contribution in [1.29, 1.82) is 0 Å². The van der Waals surface area contributed by atoms with Crippen LogP contribution in [0.3, 0.4) is 0 Å². The van der Waals surface area contributed by atoms with Gasteiger partial charge in [-0.3, -0.25) is 9.59 Å². The van der Waals surface area contributed by atoms with Crippen molar-refractivity contribution in [3.8, 4) is 0 Å². The van der Waals surface area contributed by atoms with Gasteiger partial charge in [0.1, 0.15) is 0 Å². The van der Waals surface area contributed by atoms with Crippen LogP contribution in [0.15, 0.2) is 24.3 Å². The van der Waals surface area contributed by atoms with Crippen molar-refractivity contribution in [3.05, 3.63) is 29.8 Å². The Labute approximate surface area is 120 Å². The second kappa shape index (κ2) is 6.15. The standard InChI is InChI=1S/C14H17F3N2O2/c1-13(2,3)12(21)18-8-11(20)19-10-6-4-9(5-7-10)14(15,16)17/h4-7H,8H2,1-3H3,(H,18,21)(H,19,20). The number of amides is 2. The average Bonchev–Trinajstić information content (AvgIpc) is 2.34. The fraction of sp³-hybridized carbons (Fsp3) is 0.429. The SMILES string of the molecule is CC(C)(C)C(=O)NCC(=O)Nc1ccc(C(F)(F)F)cc1. The molecule has 4 nitrogen and oxygen atoms in total. The summed E-state index contributed by atoms with van der Waals surface area (Å²) < 4.78 is 37.1. The lowest BCUT2D eigenvalue weighted by Crippen LogP contribution is -2.39. The first-order chi connectivity index (χ1) is 9.50. The minimum Gasteiger partial charge on any atom is -0.347 e. The number of rotatable bonds is 3. The van der Waals surface area contributed by atoms with Crippen LogP contribution < -0.4 is 10.6 Å². The number of anilines is 1. The van der Waals surface area contributed by atoms with Crippen LogP contribution in [0.2, 0.25) is 0 Å². The number of halogens is 3. The highest BCUT2D eigenvalue weighted by Gasteiger charge is 2.30. The van der Waals surface area contributed by atoms with E-state index in [1.807, 2.05) is 0 Å². The minimum absolute atomic E-state index is 0.234. The van der Waals surface area contributed by atoms with Crippen LogP contribution in [0.5, 0.6) is 0 Å². The van der Waals surface area contributed by atoms with Gasteiger partial charge < -0.3 is 10.6 Å². The van der Waals surface area contributed by atoms with Crippen molar-refractivity contribution in [2.75, 3.05) is 11.9 Å². The Balaban J connectivity index is 2.54. The lowest BCUT2D eigenvalue weighted by atomic mass is 9.96. The van der Waals surface area contributed by atoms with Crippen LogP contribution in [0.4, 0.5) is 18.9 Å². The topological polar surface area (TPSA) is 58.2 Å². The van der Waals surface area contributed by atoms with Crippen molar-refractivity contribution in [3.63, 3.8) is 0 Å². The number of benzene rings is 1.